The van der Waals surface area contributed by atoms with Gasteiger partial charge in [0.05, 0.1) is 6.10 Å². The SMILES string of the molecule is CCCCC/C=C\C/C=C\C[C@@H]1O[C@H]1[C@H](O)/C=C\CCCC(=O)O. The molecule has 1 saturated heterocycles. The summed E-state index contributed by atoms with van der Waals surface area (Å²) in [5, 5.41) is 18.5. The van der Waals surface area contributed by atoms with Gasteiger partial charge in [-0.15, -0.1) is 0 Å². The molecular formula is C20H32O4. The number of aliphatic carboxylic acids is 1. The third-order valence-electron chi connectivity index (χ3n) is 4.00. The largest absolute Gasteiger partial charge is 0.481 e. The lowest BCUT2D eigenvalue weighted by Crippen LogP contribution is -2.13. The molecule has 24 heavy (non-hydrogen) atoms. The van der Waals surface area contributed by atoms with E-state index < -0.39 is 12.1 Å². The van der Waals surface area contributed by atoms with Gasteiger partial charge in [-0.05, 0) is 38.5 Å². The zero-order valence-electron chi connectivity index (χ0n) is 14.8. The number of allylic oxidation sites excluding steroid dienone is 4. The average Bonchev–Trinajstić information content (AvgIpc) is 3.32. The van der Waals surface area contributed by atoms with Gasteiger partial charge < -0.3 is 14.9 Å². The van der Waals surface area contributed by atoms with E-state index in [4.69, 9.17) is 9.84 Å². The number of hydrogen-bond acceptors (Lipinski definition) is 3. The van der Waals surface area contributed by atoms with Crippen LogP contribution in [0.1, 0.15) is 64.7 Å². The normalized spacial score (nSPS) is 21.9. The summed E-state index contributed by atoms with van der Waals surface area (Å²) >= 11 is 0. The number of carbonyl (C=O) groups is 1. The van der Waals surface area contributed by atoms with Crippen LogP contribution in [0.5, 0.6) is 0 Å². The molecule has 0 aromatic heterocycles. The lowest BCUT2D eigenvalue weighted by atomic mass is 10.1. The van der Waals surface area contributed by atoms with E-state index in [0.29, 0.717) is 12.8 Å². The predicted molar refractivity (Wildman–Crippen MR) is 97.0 cm³/mol. The number of hydrogen-bond donors (Lipinski definition) is 2. The van der Waals surface area contributed by atoms with Crippen molar-refractivity contribution < 1.29 is 19.7 Å². The summed E-state index contributed by atoms with van der Waals surface area (Å²) in [7, 11) is 0. The molecule has 0 amide bonds. The number of epoxide rings is 1. The van der Waals surface area contributed by atoms with Crippen molar-refractivity contribution >= 4 is 5.97 Å². The fourth-order valence-electron chi connectivity index (χ4n) is 2.49. The summed E-state index contributed by atoms with van der Waals surface area (Å²) in [6, 6.07) is 0. The zero-order valence-corrected chi connectivity index (χ0v) is 14.8. The average molecular weight is 336 g/mol. The molecule has 3 atom stereocenters. The second-order valence-electron chi connectivity index (χ2n) is 6.25. The van der Waals surface area contributed by atoms with E-state index in [1.165, 1.54) is 25.7 Å². The fraction of sp³-hybridized carbons (Fsp3) is 0.650. The van der Waals surface area contributed by atoms with Crippen LogP contribution in [0, 0.1) is 0 Å². The minimum absolute atomic E-state index is 0.105. The smallest absolute Gasteiger partial charge is 0.303 e. The Morgan fingerprint density at radius 1 is 1.08 bits per heavy atom. The van der Waals surface area contributed by atoms with Crippen LogP contribution >= 0.6 is 0 Å². The van der Waals surface area contributed by atoms with Crippen molar-refractivity contribution in [2.75, 3.05) is 0 Å². The highest BCUT2D eigenvalue weighted by atomic mass is 16.6. The Kier molecular flexibility index (Phi) is 11.2. The monoisotopic (exact) mass is 336 g/mol. The molecule has 0 aromatic carbocycles. The van der Waals surface area contributed by atoms with Gasteiger partial charge in [0.15, 0.2) is 0 Å². The molecule has 0 saturated carbocycles. The lowest BCUT2D eigenvalue weighted by molar-refractivity contribution is -0.137. The summed E-state index contributed by atoms with van der Waals surface area (Å²) in [5.74, 6) is -0.780. The first-order valence-corrected chi connectivity index (χ1v) is 9.17. The first kappa shape index (κ1) is 20.7. The number of aliphatic hydroxyl groups excluding tert-OH is 1. The molecule has 4 heteroatoms. The van der Waals surface area contributed by atoms with Gasteiger partial charge in [-0.3, -0.25) is 4.79 Å². The summed E-state index contributed by atoms with van der Waals surface area (Å²) < 4.78 is 5.48. The van der Waals surface area contributed by atoms with Gasteiger partial charge in [-0.1, -0.05) is 56.2 Å². The highest BCUT2D eigenvalue weighted by Gasteiger charge is 2.42. The molecule has 136 valence electrons. The molecule has 4 nitrogen and oxygen atoms in total. The number of ether oxygens (including phenoxy) is 1. The van der Waals surface area contributed by atoms with Gasteiger partial charge in [0, 0.05) is 6.42 Å². The maximum atomic E-state index is 10.4. The van der Waals surface area contributed by atoms with E-state index in [9.17, 15) is 9.90 Å². The van der Waals surface area contributed by atoms with Crippen molar-refractivity contribution in [2.45, 2.75) is 83.0 Å². The Morgan fingerprint density at radius 3 is 2.58 bits per heavy atom. The number of carboxylic acids is 1. The third kappa shape index (κ3) is 10.4. The maximum Gasteiger partial charge on any atom is 0.303 e. The van der Waals surface area contributed by atoms with Crippen LogP contribution in [0.4, 0.5) is 0 Å². The highest BCUT2D eigenvalue weighted by molar-refractivity contribution is 5.66. The third-order valence-corrected chi connectivity index (χ3v) is 4.00. The number of unbranched alkanes of at least 4 members (excludes halogenated alkanes) is 4. The fourth-order valence-corrected chi connectivity index (χ4v) is 2.49. The minimum atomic E-state index is -0.780. The van der Waals surface area contributed by atoms with Gasteiger partial charge in [0.25, 0.3) is 0 Å². The van der Waals surface area contributed by atoms with Crippen LogP contribution < -0.4 is 0 Å². The Hall–Kier alpha value is -1.39. The van der Waals surface area contributed by atoms with Gasteiger partial charge in [0.1, 0.15) is 12.2 Å². The lowest BCUT2D eigenvalue weighted by Gasteiger charge is -1.99. The quantitative estimate of drug-likeness (QED) is 0.280. The standard InChI is InChI=1S/C20H32O4/c1-2-3-4-5-6-7-8-9-12-15-18-20(24-18)17(21)14-11-10-13-16-19(22)23/h6-7,9,11-12,14,17-18,20-21H,2-5,8,10,13,15-16H2,1H3,(H,22,23)/b7-6-,12-9-,14-11-/t17-,18+,20+/m1/s1. The first-order valence-electron chi connectivity index (χ1n) is 9.17. The number of carboxylic acid groups (broad SMARTS) is 1. The van der Waals surface area contributed by atoms with Gasteiger partial charge >= 0.3 is 5.97 Å². The van der Waals surface area contributed by atoms with Crippen molar-refractivity contribution in [1.82, 2.24) is 0 Å². The van der Waals surface area contributed by atoms with E-state index in [1.807, 2.05) is 6.08 Å². The molecule has 0 aromatic rings. The molecular weight excluding hydrogens is 304 g/mol. The molecule has 1 aliphatic heterocycles. The first-order chi connectivity index (χ1) is 11.6. The van der Waals surface area contributed by atoms with E-state index in [0.717, 1.165) is 12.8 Å². The molecule has 1 rings (SSSR count). The Morgan fingerprint density at radius 2 is 1.83 bits per heavy atom. The van der Waals surface area contributed by atoms with Crippen LogP contribution in [0.15, 0.2) is 36.5 Å². The van der Waals surface area contributed by atoms with Crippen LogP contribution in [0.25, 0.3) is 0 Å². The van der Waals surface area contributed by atoms with Crippen molar-refractivity contribution in [1.29, 1.82) is 0 Å². The Bertz CT molecular complexity index is 425. The Balaban J connectivity index is 2.03. The second-order valence-corrected chi connectivity index (χ2v) is 6.25. The van der Waals surface area contributed by atoms with Crippen molar-refractivity contribution in [3.05, 3.63) is 36.5 Å². The minimum Gasteiger partial charge on any atom is -0.481 e. The van der Waals surface area contributed by atoms with Crippen LogP contribution in [0.2, 0.25) is 0 Å². The van der Waals surface area contributed by atoms with Crippen LogP contribution in [-0.2, 0) is 9.53 Å². The molecule has 1 heterocycles. The van der Waals surface area contributed by atoms with E-state index in [1.54, 1.807) is 6.08 Å². The molecule has 2 N–H and O–H groups in total. The number of rotatable bonds is 14. The summed E-state index contributed by atoms with van der Waals surface area (Å²) in [4.78, 5) is 10.4. The second kappa shape index (κ2) is 13.0. The van der Waals surface area contributed by atoms with Crippen LogP contribution in [-0.4, -0.2) is 34.5 Å². The van der Waals surface area contributed by atoms with Crippen molar-refractivity contribution in [2.24, 2.45) is 0 Å². The highest BCUT2D eigenvalue weighted by Crippen LogP contribution is 2.29. The molecule has 0 radical (unpaired) electrons. The van der Waals surface area contributed by atoms with Crippen molar-refractivity contribution in [3.8, 4) is 0 Å². The zero-order chi connectivity index (χ0) is 17.6. The van der Waals surface area contributed by atoms with E-state index >= 15 is 0 Å². The molecule has 1 aliphatic rings. The molecule has 0 unspecified atom stereocenters. The molecule has 0 bridgehead atoms. The summed E-state index contributed by atoms with van der Waals surface area (Å²) in [6.45, 7) is 2.21. The Labute approximate surface area is 145 Å². The predicted octanol–water partition coefficient (Wildman–Crippen LogP) is 4.40. The number of aliphatic hydroxyl groups is 1. The molecule has 0 spiro atoms. The van der Waals surface area contributed by atoms with Crippen LogP contribution in [0.3, 0.4) is 0 Å². The van der Waals surface area contributed by atoms with Gasteiger partial charge in [-0.25, -0.2) is 0 Å². The van der Waals surface area contributed by atoms with Gasteiger partial charge in [0.2, 0.25) is 0 Å². The van der Waals surface area contributed by atoms with E-state index in [-0.39, 0.29) is 18.6 Å². The molecule has 1 fully saturated rings. The maximum absolute atomic E-state index is 10.4. The van der Waals surface area contributed by atoms with Crippen molar-refractivity contribution in [3.63, 3.8) is 0 Å². The topological polar surface area (TPSA) is 70.1 Å². The summed E-state index contributed by atoms with van der Waals surface area (Å²) in [6.07, 6.45) is 19.9. The summed E-state index contributed by atoms with van der Waals surface area (Å²) in [5.41, 5.74) is 0. The van der Waals surface area contributed by atoms with E-state index in [2.05, 4.69) is 31.2 Å². The van der Waals surface area contributed by atoms with Gasteiger partial charge in [-0.2, -0.15) is 0 Å². The molecule has 0 aliphatic carbocycles.